The first-order valence-corrected chi connectivity index (χ1v) is 10.9. The molecule has 2 aliphatic rings. The molecule has 1 aromatic heterocycles. The van der Waals surface area contributed by atoms with Crippen molar-refractivity contribution in [2.45, 2.75) is 12.5 Å². The Kier molecular flexibility index (Phi) is 4.27. The molecule has 4 aromatic rings. The van der Waals surface area contributed by atoms with Crippen LogP contribution in [0, 0.1) is 12.3 Å². The van der Waals surface area contributed by atoms with E-state index in [0.717, 1.165) is 21.3 Å². The molecule has 3 heterocycles. The average molecular weight is 440 g/mol. The van der Waals surface area contributed by atoms with Crippen LogP contribution in [-0.4, -0.2) is 17.3 Å². The lowest BCUT2D eigenvalue weighted by molar-refractivity contribution is -0.118. The highest BCUT2D eigenvalue weighted by Crippen LogP contribution is 2.44. The van der Waals surface area contributed by atoms with Crippen molar-refractivity contribution in [1.82, 2.24) is 4.57 Å². The standard InChI is InChI=1S/C25H16N2O4S/c1-2-11-27-17-12-20-21(30-14-29-20)13-22(17)32-25(27)26-24(28)23-15-7-3-5-9-18(15)31-19-10-6-4-8-16(19)23/h1,3-10,12-13,23H,11,14H2. The lowest BCUT2D eigenvalue weighted by Gasteiger charge is -2.25. The number of nitrogens with zero attached hydrogens (tertiary/aromatic N) is 2. The molecule has 2 aliphatic heterocycles. The van der Waals surface area contributed by atoms with E-state index >= 15 is 0 Å². The lowest BCUT2D eigenvalue weighted by Crippen LogP contribution is -2.22. The van der Waals surface area contributed by atoms with E-state index in [2.05, 4.69) is 10.9 Å². The summed E-state index contributed by atoms with van der Waals surface area (Å²) in [5.74, 6) is 4.50. The number of aromatic nitrogens is 1. The van der Waals surface area contributed by atoms with Crippen LogP contribution in [0.5, 0.6) is 23.0 Å². The van der Waals surface area contributed by atoms with Crippen molar-refractivity contribution in [3.63, 3.8) is 0 Å². The molecule has 0 fully saturated rings. The van der Waals surface area contributed by atoms with Gasteiger partial charge in [-0.05, 0) is 12.1 Å². The molecule has 6 nitrogen and oxygen atoms in total. The largest absolute Gasteiger partial charge is 0.457 e. The number of fused-ring (bicyclic) bond motifs is 4. The van der Waals surface area contributed by atoms with Gasteiger partial charge in [0, 0.05) is 23.3 Å². The molecule has 0 aliphatic carbocycles. The number of thiazole rings is 1. The second-order valence-corrected chi connectivity index (χ2v) is 8.42. The van der Waals surface area contributed by atoms with Gasteiger partial charge < -0.3 is 18.8 Å². The fourth-order valence-electron chi connectivity index (χ4n) is 4.12. The smallest absolute Gasteiger partial charge is 0.260 e. The number of carbonyl (C=O) groups is 1. The maximum Gasteiger partial charge on any atom is 0.260 e. The van der Waals surface area contributed by atoms with E-state index in [0.29, 0.717) is 27.8 Å². The highest BCUT2D eigenvalue weighted by molar-refractivity contribution is 7.16. The molecule has 0 atom stereocenters. The molecule has 7 heteroatoms. The third-order valence-corrected chi connectivity index (χ3v) is 6.60. The van der Waals surface area contributed by atoms with Gasteiger partial charge >= 0.3 is 0 Å². The summed E-state index contributed by atoms with van der Waals surface area (Å²) in [4.78, 5) is 18.7. The quantitative estimate of drug-likeness (QED) is 0.433. The molecule has 6 rings (SSSR count). The second-order valence-electron chi connectivity index (χ2n) is 7.41. The molecule has 0 radical (unpaired) electrons. The van der Waals surface area contributed by atoms with Crippen LogP contribution in [0.25, 0.3) is 10.2 Å². The van der Waals surface area contributed by atoms with E-state index in [1.807, 2.05) is 65.2 Å². The van der Waals surface area contributed by atoms with Crippen LogP contribution in [0.2, 0.25) is 0 Å². The van der Waals surface area contributed by atoms with E-state index in [9.17, 15) is 4.79 Å². The summed E-state index contributed by atoms with van der Waals surface area (Å²) in [6, 6.07) is 18.9. The van der Waals surface area contributed by atoms with Crippen molar-refractivity contribution in [3.8, 4) is 35.3 Å². The van der Waals surface area contributed by atoms with Crippen molar-refractivity contribution < 1.29 is 19.0 Å². The monoisotopic (exact) mass is 440 g/mol. The number of hydrogen-bond acceptors (Lipinski definition) is 5. The van der Waals surface area contributed by atoms with Crippen molar-refractivity contribution in [1.29, 1.82) is 0 Å². The number of ether oxygens (including phenoxy) is 3. The van der Waals surface area contributed by atoms with Crippen LogP contribution in [0.15, 0.2) is 65.7 Å². The molecule has 0 spiro atoms. The van der Waals surface area contributed by atoms with E-state index in [1.54, 1.807) is 0 Å². The van der Waals surface area contributed by atoms with Gasteiger partial charge in [-0.1, -0.05) is 53.7 Å². The van der Waals surface area contributed by atoms with Gasteiger partial charge in [-0.2, -0.15) is 4.99 Å². The average Bonchev–Trinajstić information content (AvgIpc) is 3.40. The fraction of sp³-hybridized carbons (Fsp3) is 0.120. The topological polar surface area (TPSA) is 62.1 Å². The lowest BCUT2D eigenvalue weighted by atomic mass is 9.87. The Balaban J connectivity index is 1.52. The minimum absolute atomic E-state index is 0.194. The number of terminal acetylenes is 1. The Morgan fingerprint density at radius 1 is 1.03 bits per heavy atom. The molecule has 0 saturated heterocycles. The van der Waals surface area contributed by atoms with Gasteiger partial charge in [0.2, 0.25) is 6.79 Å². The maximum atomic E-state index is 13.6. The van der Waals surface area contributed by atoms with Gasteiger partial charge in [0.15, 0.2) is 16.3 Å². The molecule has 0 saturated carbocycles. The van der Waals surface area contributed by atoms with E-state index < -0.39 is 5.92 Å². The van der Waals surface area contributed by atoms with Gasteiger partial charge in [0.05, 0.1) is 22.7 Å². The van der Waals surface area contributed by atoms with Gasteiger partial charge in [-0.3, -0.25) is 4.79 Å². The summed E-state index contributed by atoms with van der Waals surface area (Å²) < 4.78 is 19.8. The van der Waals surface area contributed by atoms with Gasteiger partial charge in [-0.25, -0.2) is 0 Å². The summed E-state index contributed by atoms with van der Waals surface area (Å²) in [6.45, 7) is 0.479. The summed E-state index contributed by atoms with van der Waals surface area (Å²) in [5.41, 5.74) is 2.45. The first kappa shape index (κ1) is 18.7. The Morgan fingerprint density at radius 3 is 2.38 bits per heavy atom. The normalized spacial score (nSPS) is 14.5. The SMILES string of the molecule is C#CCn1c(=NC(=O)C2c3ccccc3Oc3ccccc32)sc2cc3c(cc21)OCO3. The van der Waals surface area contributed by atoms with Crippen LogP contribution in [0.3, 0.4) is 0 Å². The first-order chi connectivity index (χ1) is 15.7. The molecule has 32 heavy (non-hydrogen) atoms. The molecule has 0 unspecified atom stereocenters. The van der Waals surface area contributed by atoms with Crippen LogP contribution in [0.1, 0.15) is 17.0 Å². The summed E-state index contributed by atoms with van der Waals surface area (Å²) in [5, 5.41) is 0. The second kappa shape index (κ2) is 7.29. The summed E-state index contributed by atoms with van der Waals surface area (Å²) in [6.07, 6.45) is 5.63. The predicted molar refractivity (Wildman–Crippen MR) is 120 cm³/mol. The zero-order chi connectivity index (χ0) is 21.7. The molecular weight excluding hydrogens is 424 g/mol. The third-order valence-electron chi connectivity index (χ3n) is 5.56. The zero-order valence-corrected chi connectivity index (χ0v) is 17.6. The Bertz CT molecular complexity index is 1460. The molecule has 3 aromatic carbocycles. The van der Waals surface area contributed by atoms with E-state index in [1.165, 1.54) is 11.3 Å². The number of para-hydroxylation sites is 2. The number of benzene rings is 3. The van der Waals surface area contributed by atoms with E-state index in [-0.39, 0.29) is 19.2 Å². The number of amides is 1. The third kappa shape index (κ3) is 2.88. The highest BCUT2D eigenvalue weighted by atomic mass is 32.1. The molecule has 1 amide bonds. The van der Waals surface area contributed by atoms with Crippen molar-refractivity contribution in [2.75, 3.05) is 6.79 Å². The van der Waals surface area contributed by atoms with E-state index in [4.69, 9.17) is 20.6 Å². The zero-order valence-electron chi connectivity index (χ0n) is 16.8. The fourth-order valence-corrected chi connectivity index (χ4v) is 5.17. The van der Waals surface area contributed by atoms with Crippen LogP contribution in [-0.2, 0) is 11.3 Å². The Hall–Kier alpha value is -4.02. The first-order valence-electron chi connectivity index (χ1n) is 10.0. The number of hydrogen-bond donors (Lipinski definition) is 0. The number of rotatable bonds is 2. The number of carbonyl (C=O) groups excluding carboxylic acids is 1. The van der Waals surface area contributed by atoms with Crippen molar-refractivity contribution in [2.24, 2.45) is 4.99 Å². The maximum absolute atomic E-state index is 13.6. The molecular formula is C25H16N2O4S. The minimum atomic E-state index is -0.558. The predicted octanol–water partition coefficient (Wildman–Crippen LogP) is 4.43. The molecule has 0 N–H and O–H groups in total. The summed E-state index contributed by atoms with van der Waals surface area (Å²) >= 11 is 1.40. The minimum Gasteiger partial charge on any atom is -0.457 e. The van der Waals surface area contributed by atoms with Crippen LogP contribution >= 0.6 is 11.3 Å². The molecule has 0 bridgehead atoms. The molecule has 156 valence electrons. The van der Waals surface area contributed by atoms with Crippen molar-refractivity contribution >= 4 is 27.5 Å². The Labute approximate surface area is 187 Å². The van der Waals surface area contributed by atoms with Crippen molar-refractivity contribution in [3.05, 3.63) is 76.6 Å². The van der Waals surface area contributed by atoms with Crippen LogP contribution < -0.4 is 19.0 Å². The summed E-state index contributed by atoms with van der Waals surface area (Å²) in [7, 11) is 0. The van der Waals surface area contributed by atoms with Gasteiger partial charge in [-0.15, -0.1) is 6.42 Å². The van der Waals surface area contributed by atoms with Crippen LogP contribution in [0.4, 0.5) is 0 Å². The highest BCUT2D eigenvalue weighted by Gasteiger charge is 2.32. The van der Waals surface area contributed by atoms with Gasteiger partial charge in [0.25, 0.3) is 5.91 Å². The van der Waals surface area contributed by atoms with Gasteiger partial charge in [0.1, 0.15) is 11.5 Å². The Morgan fingerprint density at radius 2 is 1.69 bits per heavy atom.